The average molecular weight is 205 g/mol. The highest BCUT2D eigenvalue weighted by atomic mass is 32.2. The number of nitrogens with zero attached hydrogens (tertiary/aromatic N) is 1. The lowest BCUT2D eigenvalue weighted by Gasteiger charge is -1.90. The summed E-state index contributed by atoms with van der Waals surface area (Å²) in [7, 11) is -3.03. The summed E-state index contributed by atoms with van der Waals surface area (Å²) in [5.74, 6) is 0.0603. The lowest BCUT2D eigenvalue weighted by Crippen LogP contribution is -1.97. The topological polar surface area (TPSA) is 93.6 Å². The predicted molar refractivity (Wildman–Crippen MR) is 43.2 cm³/mol. The average Bonchev–Trinajstić information content (AvgIpc) is 2.32. The minimum atomic E-state index is -4.25. The Labute approximate surface area is 74.4 Å². The smallest absolute Gasteiger partial charge is 0.297 e. The van der Waals surface area contributed by atoms with Crippen LogP contribution in [-0.4, -0.2) is 31.0 Å². The molecular weight excluding hydrogens is 198 g/mol. The molecule has 72 valence electrons. The Hall–Kier alpha value is -1.34. The third-order valence-electron chi connectivity index (χ3n) is 1.20. The maximum Gasteiger partial charge on any atom is 0.297 e. The molecule has 1 aromatic rings. The second-order valence-corrected chi connectivity index (χ2v) is 3.76. The minimum absolute atomic E-state index is 0.0603. The summed E-state index contributed by atoms with van der Waals surface area (Å²) < 4.78 is 34.7. The van der Waals surface area contributed by atoms with Gasteiger partial charge in [0.05, 0.1) is 0 Å². The second kappa shape index (κ2) is 3.19. The summed E-state index contributed by atoms with van der Waals surface area (Å²) in [4.78, 5) is -0.374. The zero-order valence-corrected chi connectivity index (χ0v) is 7.48. The fraction of sp³-hybridized carbons (Fsp3) is 0.167. The molecule has 0 aromatic carbocycles. The molecule has 13 heavy (non-hydrogen) atoms. The lowest BCUT2D eigenvalue weighted by molar-refractivity contribution is -0.417. The molecule has 1 N–H and O–H groups in total. The number of hydrogen-bond acceptors (Lipinski definition) is 4. The fourth-order valence-electron chi connectivity index (χ4n) is 0.717. The van der Waals surface area contributed by atoms with Crippen LogP contribution in [0.25, 0.3) is 0 Å². The number of furan rings is 1. The molecule has 0 aliphatic heterocycles. The highest BCUT2D eigenvalue weighted by Gasteiger charge is 2.13. The first kappa shape index (κ1) is 9.75. The van der Waals surface area contributed by atoms with Gasteiger partial charge in [-0.2, -0.15) is 8.42 Å². The van der Waals surface area contributed by atoms with E-state index in [0.717, 1.165) is 18.5 Å². The molecule has 0 spiro atoms. The highest BCUT2D eigenvalue weighted by molar-refractivity contribution is 7.85. The number of rotatable bonds is 2. The van der Waals surface area contributed by atoms with Gasteiger partial charge in [0.25, 0.3) is 10.1 Å². The van der Waals surface area contributed by atoms with E-state index < -0.39 is 10.1 Å². The Balaban J connectivity index is 3.08. The molecular formula is C6H7NO5S. The van der Waals surface area contributed by atoms with E-state index in [-0.39, 0.29) is 10.7 Å². The van der Waals surface area contributed by atoms with Crippen LogP contribution in [0.3, 0.4) is 0 Å². The van der Waals surface area contributed by atoms with Crippen molar-refractivity contribution in [1.29, 1.82) is 0 Å². The summed E-state index contributed by atoms with van der Waals surface area (Å²) in [6.07, 6.45) is 1.89. The summed E-state index contributed by atoms with van der Waals surface area (Å²) in [5.41, 5.74) is 0. The zero-order valence-electron chi connectivity index (χ0n) is 6.67. The molecule has 6 nitrogen and oxygen atoms in total. The van der Waals surface area contributed by atoms with Gasteiger partial charge in [0.1, 0.15) is 18.2 Å². The van der Waals surface area contributed by atoms with E-state index in [4.69, 9.17) is 4.55 Å². The van der Waals surface area contributed by atoms with Crippen molar-refractivity contribution in [3.05, 3.63) is 23.3 Å². The van der Waals surface area contributed by atoms with Crippen LogP contribution in [0.1, 0.15) is 5.76 Å². The molecule has 7 heteroatoms. The first-order valence-corrected chi connectivity index (χ1v) is 4.64. The molecule has 0 amide bonds. The first-order valence-electron chi connectivity index (χ1n) is 3.20. The molecule has 0 aliphatic rings. The second-order valence-electron chi connectivity index (χ2n) is 2.34. The summed E-state index contributed by atoms with van der Waals surface area (Å²) in [5, 5.41) is 10.5. The summed E-state index contributed by atoms with van der Waals surface area (Å²) in [6.45, 7) is 0. The number of hydroxylamine groups is 1. The Bertz CT molecular complexity index is 426. The molecule has 0 atom stereocenters. The maximum atomic E-state index is 10.5. The Kier molecular flexibility index (Phi) is 2.39. The van der Waals surface area contributed by atoms with Crippen molar-refractivity contribution >= 4 is 16.3 Å². The van der Waals surface area contributed by atoms with Crippen molar-refractivity contribution in [1.82, 2.24) is 0 Å². The molecule has 1 aromatic heterocycles. The van der Waals surface area contributed by atoms with E-state index in [2.05, 4.69) is 4.42 Å². The standard InChI is InChI=1S/C6H7NO5S/c1-7(8)3-5-2-6(4-12-5)13(9,10)11/h2-4H,1H3,(H,9,10,11). The Morgan fingerprint density at radius 2 is 2.31 bits per heavy atom. The van der Waals surface area contributed by atoms with Gasteiger partial charge in [-0.15, -0.1) is 0 Å². The van der Waals surface area contributed by atoms with Crippen molar-refractivity contribution in [2.24, 2.45) is 0 Å². The SMILES string of the molecule is C[N+]([O-])=Cc1cc(S(=O)(=O)O)co1. The monoisotopic (exact) mass is 205 g/mol. The zero-order chi connectivity index (χ0) is 10.1. The van der Waals surface area contributed by atoms with Gasteiger partial charge in [-0.3, -0.25) is 4.55 Å². The third-order valence-corrected chi connectivity index (χ3v) is 2.01. The van der Waals surface area contributed by atoms with Gasteiger partial charge in [-0.05, 0) is 0 Å². The van der Waals surface area contributed by atoms with Crippen LogP contribution >= 0.6 is 0 Å². The van der Waals surface area contributed by atoms with Crippen LogP contribution in [0.5, 0.6) is 0 Å². The molecule has 0 unspecified atom stereocenters. The van der Waals surface area contributed by atoms with Crippen LogP contribution < -0.4 is 0 Å². The van der Waals surface area contributed by atoms with Crippen molar-refractivity contribution < 1.29 is 22.1 Å². The van der Waals surface area contributed by atoms with Crippen molar-refractivity contribution in [2.75, 3.05) is 7.05 Å². The van der Waals surface area contributed by atoms with Crippen molar-refractivity contribution in [2.45, 2.75) is 4.90 Å². The molecule has 0 fully saturated rings. The highest BCUT2D eigenvalue weighted by Crippen LogP contribution is 2.11. The lowest BCUT2D eigenvalue weighted by atomic mass is 10.5. The fourth-order valence-corrected chi connectivity index (χ4v) is 1.15. The summed E-state index contributed by atoms with van der Waals surface area (Å²) >= 11 is 0. The molecule has 1 rings (SSSR count). The molecule has 0 saturated carbocycles. The van der Waals surface area contributed by atoms with Gasteiger partial charge in [0.15, 0.2) is 5.76 Å². The van der Waals surface area contributed by atoms with Crippen LogP contribution in [-0.2, 0) is 10.1 Å². The third kappa shape index (κ3) is 2.56. The van der Waals surface area contributed by atoms with E-state index in [0.29, 0.717) is 4.74 Å². The van der Waals surface area contributed by atoms with Crippen molar-refractivity contribution in [3.63, 3.8) is 0 Å². The molecule has 0 bridgehead atoms. The molecule has 0 saturated heterocycles. The molecule has 0 aliphatic carbocycles. The minimum Gasteiger partial charge on any atom is -0.624 e. The largest absolute Gasteiger partial charge is 0.624 e. The van der Waals surface area contributed by atoms with Gasteiger partial charge in [-0.1, -0.05) is 0 Å². The van der Waals surface area contributed by atoms with Crippen LogP contribution in [0, 0.1) is 5.21 Å². The van der Waals surface area contributed by atoms with Gasteiger partial charge in [-0.25, -0.2) is 4.74 Å². The Morgan fingerprint density at radius 3 is 2.69 bits per heavy atom. The van der Waals surface area contributed by atoms with Gasteiger partial charge >= 0.3 is 0 Å². The van der Waals surface area contributed by atoms with E-state index in [1.807, 2.05) is 0 Å². The summed E-state index contributed by atoms with van der Waals surface area (Å²) in [6, 6.07) is 1.05. The van der Waals surface area contributed by atoms with E-state index in [9.17, 15) is 13.6 Å². The van der Waals surface area contributed by atoms with Crippen LogP contribution in [0.4, 0.5) is 0 Å². The molecule has 1 heterocycles. The van der Waals surface area contributed by atoms with Crippen LogP contribution in [0.2, 0.25) is 0 Å². The van der Waals surface area contributed by atoms with E-state index in [1.54, 1.807) is 0 Å². The molecule has 0 radical (unpaired) electrons. The van der Waals surface area contributed by atoms with Gasteiger partial charge in [0.2, 0.25) is 6.21 Å². The van der Waals surface area contributed by atoms with E-state index >= 15 is 0 Å². The normalized spacial score (nSPS) is 13.2. The van der Waals surface area contributed by atoms with Crippen molar-refractivity contribution in [3.8, 4) is 0 Å². The Morgan fingerprint density at radius 1 is 1.69 bits per heavy atom. The maximum absolute atomic E-state index is 10.5. The number of hydrogen-bond donors (Lipinski definition) is 1. The van der Waals surface area contributed by atoms with E-state index in [1.165, 1.54) is 7.05 Å². The quantitative estimate of drug-likeness (QED) is 0.243. The van der Waals surface area contributed by atoms with Gasteiger partial charge in [0, 0.05) is 6.07 Å². The van der Waals surface area contributed by atoms with Crippen LogP contribution in [0.15, 0.2) is 21.6 Å². The first-order chi connectivity index (χ1) is 5.89. The van der Waals surface area contributed by atoms with Gasteiger partial charge < -0.3 is 9.62 Å². The predicted octanol–water partition coefficient (Wildman–Crippen LogP) is 0.0853.